The van der Waals surface area contributed by atoms with Gasteiger partial charge < -0.3 is 10.6 Å². The zero-order valence-electron chi connectivity index (χ0n) is 20.2. The van der Waals surface area contributed by atoms with E-state index in [1.807, 2.05) is 32.0 Å². The molecule has 1 heterocycles. The van der Waals surface area contributed by atoms with Gasteiger partial charge in [-0.25, -0.2) is 0 Å². The van der Waals surface area contributed by atoms with Gasteiger partial charge in [0.15, 0.2) is 11.0 Å². The third kappa shape index (κ3) is 6.81. The van der Waals surface area contributed by atoms with E-state index < -0.39 is 5.91 Å². The summed E-state index contributed by atoms with van der Waals surface area (Å²) < 4.78 is 1.71. The minimum absolute atomic E-state index is 0.0180. The van der Waals surface area contributed by atoms with Crippen LogP contribution in [0.1, 0.15) is 27.3 Å². The van der Waals surface area contributed by atoms with Crippen molar-refractivity contribution in [2.75, 3.05) is 11.1 Å². The van der Waals surface area contributed by atoms with Crippen LogP contribution in [0.3, 0.4) is 0 Å². The molecule has 0 fully saturated rings. The molecule has 0 radical (unpaired) electrons. The van der Waals surface area contributed by atoms with Crippen LogP contribution in [0.5, 0.6) is 0 Å². The number of rotatable bonds is 8. The number of anilines is 1. The number of halogens is 4. The highest BCUT2D eigenvalue weighted by Crippen LogP contribution is 2.29. The monoisotopic (exact) mass is 607 g/mol. The molecule has 2 N–H and O–H groups in total. The quantitative estimate of drug-likeness (QED) is 0.207. The summed E-state index contributed by atoms with van der Waals surface area (Å²) in [6.45, 7) is 3.91. The number of aromatic nitrogens is 3. The molecular formula is C26H21Cl4N5O2S. The number of nitrogens with zero attached hydrogens (tertiary/aromatic N) is 3. The van der Waals surface area contributed by atoms with Gasteiger partial charge in [0.2, 0.25) is 5.91 Å². The van der Waals surface area contributed by atoms with E-state index in [2.05, 4.69) is 20.8 Å². The normalized spacial score (nSPS) is 10.9. The molecule has 0 atom stereocenters. The van der Waals surface area contributed by atoms with Gasteiger partial charge in [0.1, 0.15) is 0 Å². The number of hydrogen-bond donors (Lipinski definition) is 2. The van der Waals surface area contributed by atoms with Crippen molar-refractivity contribution in [3.05, 3.63) is 97.2 Å². The molecular weight excluding hydrogens is 588 g/mol. The van der Waals surface area contributed by atoms with Crippen molar-refractivity contribution in [2.45, 2.75) is 25.5 Å². The van der Waals surface area contributed by atoms with Gasteiger partial charge in [0.05, 0.1) is 38.6 Å². The average molecular weight is 609 g/mol. The lowest BCUT2D eigenvalue weighted by molar-refractivity contribution is -0.113. The maximum Gasteiger partial charge on any atom is 0.253 e. The van der Waals surface area contributed by atoms with Crippen LogP contribution >= 0.6 is 58.2 Å². The number of hydrogen-bond acceptors (Lipinski definition) is 5. The first kappa shape index (κ1) is 28.3. The van der Waals surface area contributed by atoms with Gasteiger partial charge >= 0.3 is 0 Å². The van der Waals surface area contributed by atoms with Crippen LogP contribution in [-0.4, -0.2) is 32.3 Å². The Morgan fingerprint density at radius 3 is 2.42 bits per heavy atom. The Morgan fingerprint density at radius 2 is 1.66 bits per heavy atom. The zero-order valence-corrected chi connectivity index (χ0v) is 24.0. The van der Waals surface area contributed by atoms with E-state index in [0.29, 0.717) is 31.7 Å². The fourth-order valence-corrected chi connectivity index (χ4v) is 4.94. The van der Waals surface area contributed by atoms with E-state index in [-0.39, 0.29) is 28.8 Å². The van der Waals surface area contributed by atoms with Gasteiger partial charge in [-0.2, -0.15) is 0 Å². The van der Waals surface area contributed by atoms with Gasteiger partial charge in [-0.3, -0.25) is 14.2 Å². The molecule has 2 amide bonds. The molecule has 3 aromatic carbocycles. The largest absolute Gasteiger partial charge is 0.345 e. The topological polar surface area (TPSA) is 88.9 Å². The Hall–Kier alpha value is -2.75. The molecule has 0 aliphatic heterocycles. The standard InChI is InChI=1S/C26H21Cl4N5O2S/c1-14-3-4-15(2)22(9-14)32-24(36)13-38-26-34-33-23(35(26)17-6-8-20(29)21(30)11-17)12-31-25(37)18-10-16(27)5-7-19(18)28/h3-11H,12-13H2,1-2H3,(H,31,37)(H,32,36). The molecule has 0 aliphatic carbocycles. The number of aryl methyl sites for hydroxylation is 2. The number of thioether (sulfide) groups is 1. The number of benzene rings is 3. The highest BCUT2D eigenvalue weighted by atomic mass is 35.5. The summed E-state index contributed by atoms with van der Waals surface area (Å²) in [5.41, 5.74) is 3.61. The summed E-state index contributed by atoms with van der Waals surface area (Å²) in [5, 5.41) is 16.0. The Morgan fingerprint density at radius 1 is 0.895 bits per heavy atom. The van der Waals surface area contributed by atoms with Gasteiger partial charge in [-0.05, 0) is 67.4 Å². The van der Waals surface area contributed by atoms with Crippen molar-refractivity contribution in [3.8, 4) is 5.69 Å². The van der Waals surface area contributed by atoms with Gasteiger partial charge in [-0.15, -0.1) is 10.2 Å². The molecule has 196 valence electrons. The van der Waals surface area contributed by atoms with E-state index in [0.717, 1.165) is 16.8 Å². The highest BCUT2D eigenvalue weighted by Gasteiger charge is 2.19. The number of carbonyl (C=O) groups excluding carboxylic acids is 2. The molecule has 0 saturated heterocycles. The molecule has 0 aliphatic rings. The minimum Gasteiger partial charge on any atom is -0.345 e. The highest BCUT2D eigenvalue weighted by molar-refractivity contribution is 7.99. The zero-order chi connectivity index (χ0) is 27.4. The number of nitrogens with one attached hydrogen (secondary N) is 2. The van der Waals surface area contributed by atoms with Crippen molar-refractivity contribution >= 4 is 75.7 Å². The fourth-order valence-electron chi connectivity index (χ4n) is 3.50. The Kier molecular flexibility index (Phi) is 9.23. The average Bonchev–Trinajstić information content (AvgIpc) is 3.29. The van der Waals surface area contributed by atoms with Crippen LogP contribution in [0.25, 0.3) is 5.69 Å². The van der Waals surface area contributed by atoms with E-state index in [4.69, 9.17) is 46.4 Å². The van der Waals surface area contributed by atoms with Crippen LogP contribution in [0.2, 0.25) is 20.1 Å². The van der Waals surface area contributed by atoms with Crippen LogP contribution in [-0.2, 0) is 11.3 Å². The summed E-state index contributed by atoms with van der Waals surface area (Å²) in [4.78, 5) is 25.5. The summed E-state index contributed by atoms with van der Waals surface area (Å²) in [6, 6.07) is 15.5. The minimum atomic E-state index is -0.428. The second kappa shape index (κ2) is 12.4. The molecule has 7 nitrogen and oxygen atoms in total. The molecule has 0 spiro atoms. The third-order valence-corrected chi connectivity index (χ3v) is 7.67. The molecule has 4 rings (SSSR count). The first-order valence-corrected chi connectivity index (χ1v) is 13.7. The van der Waals surface area contributed by atoms with Crippen LogP contribution in [0.15, 0.2) is 59.8 Å². The van der Waals surface area contributed by atoms with E-state index >= 15 is 0 Å². The second-order valence-corrected chi connectivity index (χ2v) is 10.9. The number of carbonyl (C=O) groups is 2. The smallest absolute Gasteiger partial charge is 0.253 e. The summed E-state index contributed by atoms with van der Waals surface area (Å²) in [6.07, 6.45) is 0. The predicted octanol–water partition coefficient (Wildman–Crippen LogP) is 7.16. The van der Waals surface area contributed by atoms with Crippen LogP contribution in [0.4, 0.5) is 5.69 Å². The third-order valence-electron chi connectivity index (χ3n) is 5.44. The first-order valence-electron chi connectivity index (χ1n) is 11.2. The lowest BCUT2D eigenvalue weighted by Gasteiger charge is -2.13. The Bertz CT molecular complexity index is 1530. The van der Waals surface area contributed by atoms with E-state index in [1.54, 1.807) is 34.9 Å². The molecule has 4 aromatic rings. The maximum absolute atomic E-state index is 12.8. The molecule has 1 aromatic heterocycles. The van der Waals surface area contributed by atoms with Crippen LogP contribution in [0, 0.1) is 13.8 Å². The molecule has 0 unspecified atom stereocenters. The first-order chi connectivity index (χ1) is 18.1. The SMILES string of the molecule is Cc1ccc(C)c(NC(=O)CSc2nnc(CNC(=O)c3cc(Cl)ccc3Cl)n2-c2ccc(Cl)c(Cl)c2)c1. The predicted molar refractivity (Wildman–Crippen MR) is 154 cm³/mol. The second-order valence-electron chi connectivity index (χ2n) is 8.29. The molecule has 38 heavy (non-hydrogen) atoms. The van der Waals surface area contributed by atoms with Gasteiger partial charge in [-0.1, -0.05) is 70.3 Å². The Labute approximate surface area is 243 Å². The summed E-state index contributed by atoms with van der Waals surface area (Å²) in [7, 11) is 0. The van der Waals surface area contributed by atoms with Crippen molar-refractivity contribution in [3.63, 3.8) is 0 Å². The van der Waals surface area contributed by atoms with Crippen molar-refractivity contribution in [1.29, 1.82) is 0 Å². The summed E-state index contributed by atoms with van der Waals surface area (Å²) in [5.74, 6) is -0.134. The molecule has 0 bridgehead atoms. The van der Waals surface area contributed by atoms with Crippen molar-refractivity contribution in [2.24, 2.45) is 0 Å². The Balaban J connectivity index is 1.55. The molecule has 12 heteroatoms. The maximum atomic E-state index is 12.8. The van der Waals surface area contributed by atoms with E-state index in [9.17, 15) is 9.59 Å². The molecule has 0 saturated carbocycles. The van der Waals surface area contributed by atoms with Gasteiger partial charge in [0, 0.05) is 10.7 Å². The van der Waals surface area contributed by atoms with E-state index in [1.165, 1.54) is 17.8 Å². The van der Waals surface area contributed by atoms with Crippen molar-refractivity contribution < 1.29 is 9.59 Å². The number of amides is 2. The summed E-state index contributed by atoms with van der Waals surface area (Å²) >= 11 is 25.8. The lowest BCUT2D eigenvalue weighted by atomic mass is 10.1. The van der Waals surface area contributed by atoms with Crippen LogP contribution < -0.4 is 10.6 Å². The van der Waals surface area contributed by atoms with Crippen molar-refractivity contribution in [1.82, 2.24) is 20.1 Å². The lowest BCUT2D eigenvalue weighted by Crippen LogP contribution is -2.25. The van der Waals surface area contributed by atoms with Gasteiger partial charge in [0.25, 0.3) is 5.91 Å². The fraction of sp³-hybridized carbons (Fsp3) is 0.154.